The van der Waals surface area contributed by atoms with Crippen molar-refractivity contribution in [1.82, 2.24) is 9.80 Å². The standard InChI is InChI=1S/C13H29N3O/c1-6-9-16(13(3,7-2)11-14)10-8-12(17)15(4)5/h6-11,14H2,1-5H3. The van der Waals surface area contributed by atoms with Gasteiger partial charge >= 0.3 is 0 Å². The van der Waals surface area contributed by atoms with Crippen LogP contribution in [0.5, 0.6) is 0 Å². The van der Waals surface area contributed by atoms with E-state index in [0.717, 1.165) is 25.9 Å². The van der Waals surface area contributed by atoms with E-state index >= 15 is 0 Å². The maximum atomic E-state index is 11.6. The quantitative estimate of drug-likeness (QED) is 0.699. The molecule has 0 spiro atoms. The van der Waals surface area contributed by atoms with Gasteiger partial charge < -0.3 is 10.6 Å². The van der Waals surface area contributed by atoms with Crippen molar-refractivity contribution in [3.8, 4) is 0 Å². The highest BCUT2D eigenvalue weighted by molar-refractivity contribution is 5.75. The average Bonchev–Trinajstić information content (AvgIpc) is 2.32. The second-order valence-corrected chi connectivity index (χ2v) is 5.08. The highest BCUT2D eigenvalue weighted by Gasteiger charge is 2.28. The molecule has 0 saturated carbocycles. The molecule has 0 aromatic heterocycles. The van der Waals surface area contributed by atoms with Gasteiger partial charge in [-0.15, -0.1) is 0 Å². The lowest BCUT2D eigenvalue weighted by Gasteiger charge is -2.40. The van der Waals surface area contributed by atoms with Gasteiger partial charge in [0.1, 0.15) is 0 Å². The van der Waals surface area contributed by atoms with Gasteiger partial charge in [0.2, 0.25) is 5.91 Å². The smallest absolute Gasteiger partial charge is 0.223 e. The molecular formula is C13H29N3O. The molecule has 1 atom stereocenters. The maximum Gasteiger partial charge on any atom is 0.223 e. The molecule has 0 aliphatic carbocycles. The number of nitrogens with two attached hydrogens (primary N) is 1. The molecule has 0 aliphatic rings. The van der Waals surface area contributed by atoms with Crippen LogP contribution in [-0.4, -0.2) is 55.0 Å². The van der Waals surface area contributed by atoms with Gasteiger partial charge in [0, 0.05) is 39.1 Å². The number of hydrogen-bond donors (Lipinski definition) is 1. The molecule has 4 heteroatoms. The number of nitrogens with zero attached hydrogens (tertiary/aromatic N) is 2. The lowest BCUT2D eigenvalue weighted by molar-refractivity contribution is -0.129. The number of carbonyl (C=O) groups is 1. The normalized spacial score (nSPS) is 14.8. The summed E-state index contributed by atoms with van der Waals surface area (Å²) in [5.41, 5.74) is 5.89. The van der Waals surface area contributed by atoms with Gasteiger partial charge in [0.15, 0.2) is 0 Å². The van der Waals surface area contributed by atoms with E-state index in [-0.39, 0.29) is 11.4 Å². The van der Waals surface area contributed by atoms with E-state index in [1.165, 1.54) is 0 Å². The van der Waals surface area contributed by atoms with Crippen LogP contribution in [0, 0.1) is 0 Å². The molecule has 0 fully saturated rings. The van der Waals surface area contributed by atoms with Crippen LogP contribution in [0.4, 0.5) is 0 Å². The Balaban J connectivity index is 4.48. The van der Waals surface area contributed by atoms with Gasteiger partial charge in [0.25, 0.3) is 0 Å². The molecule has 4 nitrogen and oxygen atoms in total. The van der Waals surface area contributed by atoms with E-state index in [0.29, 0.717) is 13.0 Å². The van der Waals surface area contributed by atoms with Gasteiger partial charge in [0.05, 0.1) is 0 Å². The Hall–Kier alpha value is -0.610. The zero-order valence-corrected chi connectivity index (χ0v) is 12.1. The first-order valence-electron chi connectivity index (χ1n) is 6.56. The summed E-state index contributed by atoms with van der Waals surface area (Å²) < 4.78 is 0. The molecule has 0 heterocycles. The minimum Gasteiger partial charge on any atom is -0.349 e. The lowest BCUT2D eigenvalue weighted by Crippen LogP contribution is -2.52. The van der Waals surface area contributed by atoms with Crippen LogP contribution in [0.3, 0.4) is 0 Å². The van der Waals surface area contributed by atoms with E-state index in [9.17, 15) is 4.79 Å². The summed E-state index contributed by atoms with van der Waals surface area (Å²) in [6.45, 7) is 8.94. The van der Waals surface area contributed by atoms with Crippen molar-refractivity contribution >= 4 is 5.91 Å². The third-order valence-corrected chi connectivity index (χ3v) is 3.55. The molecular weight excluding hydrogens is 214 g/mol. The van der Waals surface area contributed by atoms with E-state index < -0.39 is 0 Å². The van der Waals surface area contributed by atoms with Gasteiger partial charge in [-0.05, 0) is 26.3 Å². The topological polar surface area (TPSA) is 49.6 Å². The number of rotatable bonds is 8. The molecule has 1 unspecified atom stereocenters. The largest absolute Gasteiger partial charge is 0.349 e. The fourth-order valence-electron chi connectivity index (χ4n) is 1.87. The Labute approximate surface area is 106 Å². The minimum atomic E-state index is 0.0165. The van der Waals surface area contributed by atoms with Crippen LogP contribution < -0.4 is 5.73 Å². The monoisotopic (exact) mass is 243 g/mol. The zero-order chi connectivity index (χ0) is 13.5. The average molecular weight is 243 g/mol. The fraction of sp³-hybridized carbons (Fsp3) is 0.923. The Morgan fingerprint density at radius 1 is 1.24 bits per heavy atom. The second kappa shape index (κ2) is 7.67. The summed E-state index contributed by atoms with van der Waals surface area (Å²) in [6, 6.07) is 0. The molecule has 2 N–H and O–H groups in total. The Morgan fingerprint density at radius 2 is 1.82 bits per heavy atom. The number of carbonyl (C=O) groups excluding carboxylic acids is 1. The summed E-state index contributed by atoms with van der Waals surface area (Å²) in [4.78, 5) is 15.6. The van der Waals surface area contributed by atoms with Crippen LogP contribution in [-0.2, 0) is 4.79 Å². The van der Waals surface area contributed by atoms with Crippen molar-refractivity contribution in [3.63, 3.8) is 0 Å². The van der Waals surface area contributed by atoms with E-state index in [1.54, 1.807) is 19.0 Å². The van der Waals surface area contributed by atoms with Crippen LogP contribution in [0.25, 0.3) is 0 Å². The molecule has 0 radical (unpaired) electrons. The molecule has 1 amide bonds. The summed E-state index contributed by atoms with van der Waals surface area (Å²) in [5.74, 6) is 0.182. The Morgan fingerprint density at radius 3 is 2.18 bits per heavy atom. The fourth-order valence-corrected chi connectivity index (χ4v) is 1.87. The van der Waals surface area contributed by atoms with Crippen LogP contribution in [0.1, 0.15) is 40.0 Å². The van der Waals surface area contributed by atoms with Crippen molar-refractivity contribution in [1.29, 1.82) is 0 Å². The van der Waals surface area contributed by atoms with Crippen LogP contribution in [0.15, 0.2) is 0 Å². The maximum absolute atomic E-state index is 11.6. The predicted molar refractivity (Wildman–Crippen MR) is 72.9 cm³/mol. The van der Waals surface area contributed by atoms with Gasteiger partial charge in [-0.1, -0.05) is 13.8 Å². The van der Waals surface area contributed by atoms with Crippen molar-refractivity contribution < 1.29 is 4.79 Å². The minimum absolute atomic E-state index is 0.0165. The summed E-state index contributed by atoms with van der Waals surface area (Å²) in [5, 5.41) is 0. The van der Waals surface area contributed by atoms with Gasteiger partial charge in [-0.25, -0.2) is 0 Å². The molecule has 0 aliphatic heterocycles. The van der Waals surface area contributed by atoms with Gasteiger partial charge in [-0.2, -0.15) is 0 Å². The predicted octanol–water partition coefficient (Wildman–Crippen LogP) is 1.30. The molecule has 0 aromatic carbocycles. The zero-order valence-electron chi connectivity index (χ0n) is 12.1. The highest BCUT2D eigenvalue weighted by Crippen LogP contribution is 2.18. The Bertz CT molecular complexity index is 225. The van der Waals surface area contributed by atoms with Crippen molar-refractivity contribution in [2.45, 2.75) is 45.6 Å². The van der Waals surface area contributed by atoms with E-state index in [4.69, 9.17) is 5.73 Å². The number of hydrogen-bond acceptors (Lipinski definition) is 3. The molecule has 17 heavy (non-hydrogen) atoms. The van der Waals surface area contributed by atoms with Crippen molar-refractivity contribution in [2.24, 2.45) is 5.73 Å². The summed E-state index contributed by atoms with van der Waals surface area (Å²) in [6.07, 6.45) is 2.67. The summed E-state index contributed by atoms with van der Waals surface area (Å²) >= 11 is 0. The molecule has 0 bridgehead atoms. The molecule has 0 rings (SSSR count). The Kier molecular flexibility index (Phi) is 7.39. The molecule has 0 aromatic rings. The van der Waals surface area contributed by atoms with Crippen molar-refractivity contribution in [3.05, 3.63) is 0 Å². The molecule has 102 valence electrons. The van der Waals surface area contributed by atoms with Crippen molar-refractivity contribution in [2.75, 3.05) is 33.7 Å². The summed E-state index contributed by atoms with van der Waals surface area (Å²) in [7, 11) is 3.60. The van der Waals surface area contributed by atoms with E-state index in [1.807, 2.05) is 0 Å². The van der Waals surface area contributed by atoms with Crippen LogP contribution >= 0.6 is 0 Å². The SMILES string of the molecule is CCCN(CCC(=O)N(C)C)C(C)(CC)CN. The third kappa shape index (κ3) is 5.04. The first kappa shape index (κ1) is 16.4. The van der Waals surface area contributed by atoms with E-state index in [2.05, 4.69) is 25.7 Å². The first-order chi connectivity index (χ1) is 7.91. The van der Waals surface area contributed by atoms with Gasteiger partial charge in [-0.3, -0.25) is 9.69 Å². The lowest BCUT2D eigenvalue weighted by atomic mass is 9.96. The van der Waals surface area contributed by atoms with Crippen LogP contribution in [0.2, 0.25) is 0 Å². The number of amides is 1. The highest BCUT2D eigenvalue weighted by atomic mass is 16.2. The second-order valence-electron chi connectivity index (χ2n) is 5.08. The molecule has 0 saturated heterocycles. The first-order valence-corrected chi connectivity index (χ1v) is 6.56. The third-order valence-electron chi connectivity index (χ3n) is 3.55.